The minimum Gasteiger partial charge on any atom is -0.497 e. The molecule has 2 rings (SSSR count). The van der Waals surface area contributed by atoms with Crippen molar-refractivity contribution in [2.75, 3.05) is 7.11 Å². The van der Waals surface area contributed by atoms with Crippen LogP contribution in [0, 0.1) is 0 Å². The Bertz CT molecular complexity index is 443. The maximum absolute atomic E-state index is 9.43. The van der Waals surface area contributed by atoms with Crippen LogP contribution in [0.3, 0.4) is 0 Å². The molecular formula is C15H24BNO3. The second-order valence-corrected chi connectivity index (χ2v) is 5.75. The van der Waals surface area contributed by atoms with E-state index in [0.29, 0.717) is 23.3 Å². The first kappa shape index (κ1) is 15.4. The molecule has 5 heteroatoms. The summed E-state index contributed by atoms with van der Waals surface area (Å²) in [5, 5.41) is 18.9. The van der Waals surface area contributed by atoms with E-state index in [1.807, 2.05) is 18.2 Å². The highest BCUT2D eigenvalue weighted by Crippen LogP contribution is 2.24. The molecule has 0 bridgehead atoms. The number of benzene rings is 1. The van der Waals surface area contributed by atoms with Crippen LogP contribution in [-0.4, -0.2) is 41.3 Å². The maximum Gasteiger partial charge on any atom is 0.492 e. The summed E-state index contributed by atoms with van der Waals surface area (Å²) in [6, 6.07) is 6.78. The van der Waals surface area contributed by atoms with Crippen LogP contribution in [0.1, 0.15) is 38.7 Å². The zero-order valence-corrected chi connectivity index (χ0v) is 12.5. The van der Waals surface area contributed by atoms with E-state index >= 15 is 0 Å². The Balaban J connectivity index is 2.18. The molecule has 0 radical (unpaired) electrons. The summed E-state index contributed by atoms with van der Waals surface area (Å²) >= 11 is 0. The fourth-order valence-corrected chi connectivity index (χ4v) is 3.08. The summed E-state index contributed by atoms with van der Waals surface area (Å²) in [4.78, 5) is 2.48. The predicted octanol–water partition coefficient (Wildman–Crippen LogP) is 1.14. The molecule has 4 nitrogen and oxygen atoms in total. The normalized spacial score (nSPS) is 23.6. The van der Waals surface area contributed by atoms with Gasteiger partial charge >= 0.3 is 7.12 Å². The number of hydrogen-bond donors (Lipinski definition) is 2. The fourth-order valence-electron chi connectivity index (χ4n) is 3.08. The lowest BCUT2D eigenvalue weighted by atomic mass is 9.78. The second-order valence-electron chi connectivity index (χ2n) is 5.75. The molecule has 1 aromatic carbocycles. The Morgan fingerprint density at radius 1 is 1.25 bits per heavy atom. The standard InChI is InChI=1S/C15H24BNO3/c1-11-5-4-6-12(2)17(11)10-13-7-8-15(20-3)14(9-13)16(18)19/h7-9,11-12,18-19H,4-6,10H2,1-3H3. The molecule has 2 atom stereocenters. The largest absolute Gasteiger partial charge is 0.497 e. The molecule has 1 aliphatic rings. The monoisotopic (exact) mass is 277 g/mol. The van der Waals surface area contributed by atoms with Crippen LogP contribution >= 0.6 is 0 Å². The van der Waals surface area contributed by atoms with Gasteiger partial charge in [0.1, 0.15) is 5.75 Å². The van der Waals surface area contributed by atoms with Crippen LogP contribution in [0.4, 0.5) is 0 Å². The molecule has 110 valence electrons. The molecule has 0 aliphatic carbocycles. The van der Waals surface area contributed by atoms with Crippen LogP contribution in [0.5, 0.6) is 5.75 Å². The first-order valence-corrected chi connectivity index (χ1v) is 7.31. The Labute approximate surface area is 121 Å². The molecule has 1 saturated heterocycles. The zero-order valence-electron chi connectivity index (χ0n) is 12.5. The highest BCUT2D eigenvalue weighted by Gasteiger charge is 2.25. The van der Waals surface area contributed by atoms with Gasteiger partial charge in [0.25, 0.3) is 0 Å². The van der Waals surface area contributed by atoms with E-state index in [-0.39, 0.29) is 0 Å². The Morgan fingerprint density at radius 3 is 2.45 bits per heavy atom. The van der Waals surface area contributed by atoms with Gasteiger partial charge in [-0.25, -0.2) is 0 Å². The first-order valence-electron chi connectivity index (χ1n) is 7.31. The molecule has 20 heavy (non-hydrogen) atoms. The van der Waals surface area contributed by atoms with E-state index in [4.69, 9.17) is 4.74 Å². The number of methoxy groups -OCH3 is 1. The highest BCUT2D eigenvalue weighted by molar-refractivity contribution is 6.59. The summed E-state index contributed by atoms with van der Waals surface area (Å²) in [5.41, 5.74) is 1.52. The van der Waals surface area contributed by atoms with Crippen LogP contribution in [0.25, 0.3) is 0 Å². The van der Waals surface area contributed by atoms with E-state index in [0.717, 1.165) is 12.1 Å². The van der Waals surface area contributed by atoms with E-state index in [9.17, 15) is 10.0 Å². The third-order valence-electron chi connectivity index (χ3n) is 4.31. The minimum atomic E-state index is -1.50. The lowest BCUT2D eigenvalue weighted by Gasteiger charge is -2.39. The van der Waals surface area contributed by atoms with E-state index in [1.165, 1.54) is 26.4 Å². The van der Waals surface area contributed by atoms with Crippen molar-refractivity contribution in [1.82, 2.24) is 4.90 Å². The van der Waals surface area contributed by atoms with Crippen LogP contribution in [0.15, 0.2) is 18.2 Å². The second kappa shape index (κ2) is 6.61. The van der Waals surface area contributed by atoms with Gasteiger partial charge in [0.2, 0.25) is 0 Å². The van der Waals surface area contributed by atoms with Crippen molar-refractivity contribution in [2.45, 2.75) is 51.7 Å². The predicted molar refractivity (Wildman–Crippen MR) is 81.1 cm³/mol. The number of hydrogen-bond acceptors (Lipinski definition) is 4. The number of ether oxygens (including phenoxy) is 1. The number of likely N-dealkylation sites (tertiary alicyclic amines) is 1. The molecule has 0 amide bonds. The van der Waals surface area contributed by atoms with Gasteiger partial charge in [0.05, 0.1) is 7.11 Å². The summed E-state index contributed by atoms with van der Waals surface area (Å²) in [6.07, 6.45) is 3.76. The molecule has 1 heterocycles. The lowest BCUT2D eigenvalue weighted by Crippen LogP contribution is -2.43. The summed E-state index contributed by atoms with van der Waals surface area (Å²) < 4.78 is 5.16. The third-order valence-corrected chi connectivity index (χ3v) is 4.31. The maximum atomic E-state index is 9.43. The van der Waals surface area contributed by atoms with Crippen molar-refractivity contribution in [3.05, 3.63) is 23.8 Å². The molecule has 0 spiro atoms. The Hall–Kier alpha value is -1.04. The van der Waals surface area contributed by atoms with Gasteiger partial charge < -0.3 is 14.8 Å². The minimum absolute atomic E-state index is 0.433. The highest BCUT2D eigenvalue weighted by atomic mass is 16.5. The number of piperidine rings is 1. The molecule has 0 saturated carbocycles. The summed E-state index contributed by atoms with van der Waals surface area (Å²) in [7, 11) is 0.0384. The Kier molecular flexibility index (Phi) is 5.08. The lowest BCUT2D eigenvalue weighted by molar-refractivity contribution is 0.0953. The van der Waals surface area contributed by atoms with Crippen LogP contribution in [0.2, 0.25) is 0 Å². The fraction of sp³-hybridized carbons (Fsp3) is 0.600. The van der Waals surface area contributed by atoms with E-state index < -0.39 is 7.12 Å². The number of rotatable bonds is 4. The zero-order chi connectivity index (χ0) is 14.7. The Morgan fingerprint density at radius 2 is 1.90 bits per heavy atom. The molecular weight excluding hydrogens is 253 g/mol. The van der Waals surface area contributed by atoms with Gasteiger partial charge in [-0.1, -0.05) is 18.6 Å². The van der Waals surface area contributed by atoms with Crippen molar-refractivity contribution < 1.29 is 14.8 Å². The van der Waals surface area contributed by atoms with Crippen LogP contribution < -0.4 is 10.2 Å². The average molecular weight is 277 g/mol. The van der Waals surface area contributed by atoms with Gasteiger partial charge in [0, 0.05) is 24.1 Å². The molecule has 0 aromatic heterocycles. The van der Waals surface area contributed by atoms with Crippen molar-refractivity contribution >= 4 is 12.6 Å². The SMILES string of the molecule is COc1ccc(CN2C(C)CCCC2C)cc1B(O)O. The quantitative estimate of drug-likeness (QED) is 0.810. The summed E-state index contributed by atoms with van der Waals surface area (Å²) in [5.74, 6) is 0.517. The van der Waals surface area contributed by atoms with Gasteiger partial charge in [0.15, 0.2) is 0 Å². The smallest absolute Gasteiger partial charge is 0.492 e. The molecule has 2 N–H and O–H groups in total. The average Bonchev–Trinajstić information content (AvgIpc) is 2.43. The van der Waals surface area contributed by atoms with Gasteiger partial charge in [-0.3, -0.25) is 4.90 Å². The molecule has 1 aromatic rings. The van der Waals surface area contributed by atoms with Gasteiger partial charge in [-0.05, 0) is 38.3 Å². The van der Waals surface area contributed by atoms with E-state index in [1.54, 1.807) is 0 Å². The molecule has 1 fully saturated rings. The summed E-state index contributed by atoms with van der Waals surface area (Å²) in [6.45, 7) is 5.37. The van der Waals surface area contributed by atoms with Crippen molar-refractivity contribution in [2.24, 2.45) is 0 Å². The molecule has 1 aliphatic heterocycles. The van der Waals surface area contributed by atoms with Gasteiger partial charge in [-0.2, -0.15) is 0 Å². The van der Waals surface area contributed by atoms with Crippen LogP contribution in [-0.2, 0) is 6.54 Å². The van der Waals surface area contributed by atoms with E-state index in [2.05, 4.69) is 18.7 Å². The first-order chi connectivity index (χ1) is 9.52. The third kappa shape index (κ3) is 3.34. The van der Waals surface area contributed by atoms with Crippen molar-refractivity contribution in [3.8, 4) is 5.75 Å². The molecule has 2 unspecified atom stereocenters. The van der Waals surface area contributed by atoms with Gasteiger partial charge in [-0.15, -0.1) is 0 Å². The van der Waals surface area contributed by atoms with Crippen molar-refractivity contribution in [1.29, 1.82) is 0 Å². The topological polar surface area (TPSA) is 52.9 Å². The number of nitrogens with zero attached hydrogens (tertiary/aromatic N) is 1. The van der Waals surface area contributed by atoms with Crippen molar-refractivity contribution in [3.63, 3.8) is 0 Å².